The Morgan fingerprint density at radius 3 is 2.68 bits per heavy atom. The van der Waals surface area contributed by atoms with Gasteiger partial charge in [0, 0.05) is 24.2 Å². The molecule has 0 fully saturated rings. The summed E-state index contributed by atoms with van der Waals surface area (Å²) in [6.07, 6.45) is -1.62. The Labute approximate surface area is 216 Å². The minimum Gasteiger partial charge on any atom is -0.461 e. The number of fused-ring (bicyclic) bond motifs is 2. The van der Waals surface area contributed by atoms with E-state index in [2.05, 4.69) is 20.7 Å². The topological polar surface area (TPSA) is 98.1 Å². The molecule has 38 heavy (non-hydrogen) atoms. The van der Waals surface area contributed by atoms with Crippen LogP contribution < -0.4 is 10.6 Å². The number of pyridine rings is 1. The molecule has 4 heterocycles. The van der Waals surface area contributed by atoms with Crippen molar-refractivity contribution in [2.24, 2.45) is 0 Å². The van der Waals surface area contributed by atoms with Crippen molar-refractivity contribution >= 4 is 44.1 Å². The van der Waals surface area contributed by atoms with E-state index in [1.165, 1.54) is 22.1 Å². The summed E-state index contributed by atoms with van der Waals surface area (Å²) in [5.74, 6) is -2.53. The first kappa shape index (κ1) is 25.4. The molecule has 1 aliphatic heterocycles. The number of carbonyl (C=O) groups is 2. The molecule has 1 aromatic carbocycles. The molecule has 3 aromatic heterocycles. The molecule has 196 valence electrons. The number of nitrogens with one attached hydrogen (secondary N) is 2. The quantitative estimate of drug-likeness (QED) is 0.245. The molecule has 1 aliphatic rings. The molecule has 8 nitrogen and oxygen atoms in total. The standard InChI is InChI=1S/C25H19F4N5O3S/c1-3-37-24(36)17-10-19-31-12(2)21(23(35)32-20-9-13-6-7-30-11-18(13)38-20)22(34(19)33-17)14-4-5-15(16(26)8-14)25(27,28)29/h4-11,22,31H,3H2,1-2H3,(H,32,35). The van der Waals surface area contributed by atoms with Crippen LogP contribution in [0, 0.1) is 5.82 Å². The molecular formula is C25H19F4N5O3S. The fourth-order valence-corrected chi connectivity index (χ4v) is 5.16. The largest absolute Gasteiger partial charge is 0.461 e. The van der Waals surface area contributed by atoms with Crippen LogP contribution in [-0.4, -0.2) is 33.2 Å². The summed E-state index contributed by atoms with van der Waals surface area (Å²) in [6, 6.07) is 6.21. The Morgan fingerprint density at radius 2 is 2.00 bits per heavy atom. The Morgan fingerprint density at radius 1 is 1.21 bits per heavy atom. The zero-order valence-electron chi connectivity index (χ0n) is 19.9. The molecule has 2 N–H and O–H groups in total. The van der Waals surface area contributed by atoms with E-state index >= 15 is 0 Å². The number of aromatic nitrogens is 3. The van der Waals surface area contributed by atoms with Gasteiger partial charge >= 0.3 is 12.1 Å². The number of benzene rings is 1. The number of allylic oxidation sites excluding steroid dienone is 1. The van der Waals surface area contributed by atoms with Crippen LogP contribution in [0.4, 0.5) is 28.4 Å². The summed E-state index contributed by atoms with van der Waals surface area (Å²) in [5, 5.41) is 11.4. The van der Waals surface area contributed by atoms with Crippen molar-refractivity contribution in [3.8, 4) is 0 Å². The number of hydrogen-bond donors (Lipinski definition) is 2. The first-order valence-corrected chi connectivity index (χ1v) is 12.1. The van der Waals surface area contributed by atoms with Gasteiger partial charge in [-0.25, -0.2) is 13.9 Å². The van der Waals surface area contributed by atoms with Gasteiger partial charge in [0.2, 0.25) is 0 Å². The van der Waals surface area contributed by atoms with Gasteiger partial charge in [0.05, 0.1) is 27.4 Å². The number of rotatable bonds is 5. The van der Waals surface area contributed by atoms with Gasteiger partial charge in [-0.05, 0) is 49.1 Å². The monoisotopic (exact) mass is 545 g/mol. The number of anilines is 2. The normalized spacial score (nSPS) is 15.3. The van der Waals surface area contributed by atoms with Gasteiger partial charge in [-0.1, -0.05) is 6.07 Å². The van der Waals surface area contributed by atoms with Crippen LogP contribution in [0.2, 0.25) is 0 Å². The molecule has 5 rings (SSSR count). The molecule has 1 unspecified atom stereocenters. The predicted molar refractivity (Wildman–Crippen MR) is 132 cm³/mol. The van der Waals surface area contributed by atoms with Crippen molar-refractivity contribution in [1.29, 1.82) is 0 Å². The molecule has 0 aliphatic carbocycles. The first-order chi connectivity index (χ1) is 18.1. The second kappa shape index (κ2) is 9.56. The lowest BCUT2D eigenvalue weighted by atomic mass is 9.94. The van der Waals surface area contributed by atoms with E-state index < -0.39 is 35.5 Å². The number of hydrogen-bond acceptors (Lipinski definition) is 7. The third-order valence-corrected chi connectivity index (χ3v) is 6.88. The average molecular weight is 546 g/mol. The van der Waals surface area contributed by atoms with Gasteiger partial charge < -0.3 is 15.4 Å². The van der Waals surface area contributed by atoms with Gasteiger partial charge in [-0.15, -0.1) is 11.3 Å². The minimum absolute atomic E-state index is 0.0294. The summed E-state index contributed by atoms with van der Waals surface area (Å²) in [6.45, 7) is 3.31. The van der Waals surface area contributed by atoms with Gasteiger partial charge in [0.25, 0.3) is 5.91 Å². The number of nitrogens with zero attached hydrogens (tertiary/aromatic N) is 3. The van der Waals surface area contributed by atoms with Crippen LogP contribution in [0.15, 0.2) is 60.1 Å². The van der Waals surface area contributed by atoms with E-state index in [1.54, 1.807) is 38.4 Å². The van der Waals surface area contributed by atoms with Gasteiger partial charge in [0.15, 0.2) is 5.69 Å². The van der Waals surface area contributed by atoms with E-state index in [9.17, 15) is 27.2 Å². The van der Waals surface area contributed by atoms with E-state index in [1.807, 2.05) is 0 Å². The number of amides is 1. The molecule has 0 radical (unpaired) electrons. The van der Waals surface area contributed by atoms with Crippen molar-refractivity contribution in [3.63, 3.8) is 0 Å². The van der Waals surface area contributed by atoms with Crippen molar-refractivity contribution in [1.82, 2.24) is 14.8 Å². The van der Waals surface area contributed by atoms with E-state index in [-0.39, 0.29) is 29.3 Å². The summed E-state index contributed by atoms with van der Waals surface area (Å²) >= 11 is 1.29. The maximum absolute atomic E-state index is 14.6. The van der Waals surface area contributed by atoms with Crippen molar-refractivity contribution < 1.29 is 31.9 Å². The van der Waals surface area contributed by atoms with Crippen molar-refractivity contribution in [2.45, 2.75) is 26.1 Å². The highest BCUT2D eigenvalue weighted by atomic mass is 32.1. The average Bonchev–Trinajstić information content (AvgIpc) is 3.45. The number of esters is 1. The lowest BCUT2D eigenvalue weighted by molar-refractivity contribution is -0.140. The fourth-order valence-electron chi connectivity index (χ4n) is 4.24. The number of thiophene rings is 1. The second-order valence-electron chi connectivity index (χ2n) is 8.36. The second-order valence-corrected chi connectivity index (χ2v) is 9.45. The first-order valence-electron chi connectivity index (χ1n) is 11.3. The summed E-state index contributed by atoms with van der Waals surface area (Å²) < 4.78 is 61.4. The highest BCUT2D eigenvalue weighted by Gasteiger charge is 2.38. The van der Waals surface area contributed by atoms with Crippen LogP contribution in [0.1, 0.15) is 41.5 Å². The Bertz CT molecular complexity index is 1580. The van der Waals surface area contributed by atoms with Gasteiger partial charge in [0.1, 0.15) is 17.7 Å². The van der Waals surface area contributed by atoms with Crippen LogP contribution in [0.25, 0.3) is 10.1 Å². The summed E-state index contributed by atoms with van der Waals surface area (Å²) in [4.78, 5) is 30.0. The third kappa shape index (κ3) is 4.60. The summed E-state index contributed by atoms with van der Waals surface area (Å²) in [5.41, 5.74) is -1.07. The van der Waals surface area contributed by atoms with E-state index in [0.29, 0.717) is 16.8 Å². The Hall–Kier alpha value is -4.26. The van der Waals surface area contributed by atoms with Crippen molar-refractivity contribution in [3.05, 3.63) is 82.7 Å². The SMILES string of the molecule is CCOC(=O)c1cc2n(n1)C(c1ccc(C(F)(F)F)c(F)c1)C(C(=O)Nc1cc3ccncc3s1)=C(C)N2. The summed E-state index contributed by atoms with van der Waals surface area (Å²) in [7, 11) is 0. The fraction of sp³-hybridized carbons (Fsp3) is 0.200. The highest BCUT2D eigenvalue weighted by Crippen LogP contribution is 2.40. The molecule has 0 spiro atoms. The van der Waals surface area contributed by atoms with Crippen molar-refractivity contribution in [2.75, 3.05) is 17.2 Å². The number of ether oxygens (including phenoxy) is 1. The van der Waals surface area contributed by atoms with Crippen LogP contribution >= 0.6 is 11.3 Å². The van der Waals surface area contributed by atoms with E-state index in [4.69, 9.17) is 4.74 Å². The number of alkyl halides is 3. The number of carbonyl (C=O) groups excluding carboxylic acids is 2. The zero-order chi connectivity index (χ0) is 27.2. The molecule has 0 saturated carbocycles. The minimum atomic E-state index is -4.90. The molecule has 1 atom stereocenters. The molecule has 13 heteroatoms. The van der Waals surface area contributed by atoms with Crippen LogP contribution in [-0.2, 0) is 15.7 Å². The maximum Gasteiger partial charge on any atom is 0.419 e. The lowest BCUT2D eigenvalue weighted by Crippen LogP contribution is -2.31. The van der Waals surface area contributed by atoms with E-state index in [0.717, 1.165) is 22.2 Å². The molecular weight excluding hydrogens is 526 g/mol. The van der Waals surface area contributed by atoms with Gasteiger partial charge in [-0.2, -0.15) is 18.3 Å². The highest BCUT2D eigenvalue weighted by molar-refractivity contribution is 7.22. The molecule has 4 aromatic rings. The zero-order valence-corrected chi connectivity index (χ0v) is 20.7. The Balaban J connectivity index is 1.59. The third-order valence-electron chi connectivity index (χ3n) is 5.88. The smallest absolute Gasteiger partial charge is 0.419 e. The maximum atomic E-state index is 14.6. The molecule has 0 bridgehead atoms. The lowest BCUT2D eigenvalue weighted by Gasteiger charge is -2.29. The predicted octanol–water partition coefficient (Wildman–Crippen LogP) is 5.76. The van der Waals surface area contributed by atoms with Gasteiger partial charge in [-0.3, -0.25) is 9.78 Å². The molecule has 0 saturated heterocycles. The van der Waals surface area contributed by atoms with Crippen LogP contribution in [0.3, 0.4) is 0 Å². The number of halogens is 4. The van der Waals surface area contributed by atoms with Crippen LogP contribution in [0.5, 0.6) is 0 Å². The Kier molecular flexibility index (Phi) is 6.39. The molecule has 1 amide bonds.